The lowest BCUT2D eigenvalue weighted by molar-refractivity contribution is -0.159. The van der Waals surface area contributed by atoms with Crippen molar-refractivity contribution in [1.29, 1.82) is 0 Å². The minimum Gasteiger partial charge on any atom is -0.508 e. The lowest BCUT2D eigenvalue weighted by Gasteiger charge is -2.43. The van der Waals surface area contributed by atoms with E-state index in [1.165, 1.54) is 18.2 Å². The van der Waals surface area contributed by atoms with Gasteiger partial charge < -0.3 is 40.1 Å². The van der Waals surface area contributed by atoms with Crippen LogP contribution in [-0.2, 0) is 29.0 Å². The molecule has 1 aliphatic rings. The molecule has 0 amide bonds. The van der Waals surface area contributed by atoms with Gasteiger partial charge in [0.25, 0.3) is 0 Å². The molecule has 2 aromatic heterocycles. The number of carbonyl (C=O) groups excluding carboxylic acids is 1. The van der Waals surface area contributed by atoms with E-state index in [0.717, 1.165) is 11.6 Å². The molecular formula is C32H32N2O9. The van der Waals surface area contributed by atoms with Gasteiger partial charge in [-0.15, -0.1) is 0 Å². The summed E-state index contributed by atoms with van der Waals surface area (Å²) in [5, 5.41) is 41.1. The largest absolute Gasteiger partial charge is 0.508 e. The Kier molecular flexibility index (Phi) is 8.12. The van der Waals surface area contributed by atoms with Crippen molar-refractivity contribution in [2.45, 2.75) is 51.4 Å². The number of allylic oxidation sites excluding steroid dienone is 1. The van der Waals surface area contributed by atoms with Crippen LogP contribution in [0.1, 0.15) is 37.2 Å². The second kappa shape index (κ2) is 11.8. The Balaban J connectivity index is 1.72. The number of rotatable bonds is 8. The van der Waals surface area contributed by atoms with Gasteiger partial charge in [-0.25, -0.2) is 9.78 Å². The van der Waals surface area contributed by atoms with Crippen LogP contribution in [0.15, 0.2) is 69.5 Å². The van der Waals surface area contributed by atoms with Gasteiger partial charge in [0.2, 0.25) is 0 Å². The molecule has 0 radical (unpaired) electrons. The number of aliphatic hydroxyl groups excluding tert-OH is 2. The molecule has 0 unspecified atom stereocenters. The summed E-state index contributed by atoms with van der Waals surface area (Å²) in [7, 11) is 0. The Hall–Kier alpha value is -4.87. The van der Waals surface area contributed by atoms with Gasteiger partial charge in [0.15, 0.2) is 11.0 Å². The molecule has 0 saturated carbocycles. The number of hydrogen-bond acceptors (Lipinski definition) is 11. The fraction of sp³-hybridized carbons (Fsp3) is 0.281. The summed E-state index contributed by atoms with van der Waals surface area (Å²) in [6.07, 6.45) is 2.86. The number of carbonyl (C=O) groups is 1. The molecule has 0 bridgehead atoms. The Bertz CT molecular complexity index is 1780. The zero-order valence-corrected chi connectivity index (χ0v) is 23.7. The number of anilines is 1. The quantitative estimate of drug-likeness (QED) is 0.150. The first kappa shape index (κ1) is 29.6. The number of esters is 1. The van der Waals surface area contributed by atoms with Gasteiger partial charge >= 0.3 is 5.97 Å². The van der Waals surface area contributed by atoms with E-state index in [0.29, 0.717) is 24.2 Å². The minimum atomic E-state index is -1.20. The minimum absolute atomic E-state index is 0.0256. The monoisotopic (exact) mass is 588 g/mol. The zero-order chi connectivity index (χ0) is 30.9. The number of phenolic OH excluding ortho intramolecular Hbond substituents is 2. The molecule has 0 spiro atoms. The van der Waals surface area contributed by atoms with E-state index in [9.17, 15) is 30.0 Å². The summed E-state index contributed by atoms with van der Waals surface area (Å²) in [4.78, 5) is 30.4. The van der Waals surface area contributed by atoms with Crippen LogP contribution < -0.4 is 15.9 Å². The molecule has 5 rings (SSSR count). The van der Waals surface area contributed by atoms with Crippen LogP contribution in [0.2, 0.25) is 0 Å². The van der Waals surface area contributed by atoms with Gasteiger partial charge in [0.05, 0.1) is 17.7 Å². The number of phenols is 2. The lowest BCUT2D eigenvalue weighted by atomic mass is 9.82. The van der Waals surface area contributed by atoms with Gasteiger partial charge in [0, 0.05) is 24.2 Å². The van der Waals surface area contributed by atoms with E-state index in [1.54, 1.807) is 38.2 Å². The molecule has 1 aliphatic heterocycles. The standard InChI is InChI=1S/C32H32N2O9/c1-3-18(15-35)31(40)42-24-13-22-28(39)27-23(38)12-21(16-36)41-30(27)26(19-5-4-6-20(37)11-19)29(22)43-32(24,2)10-9-17-7-8-25(33)34-14-17/h3-8,11-12,14,24,35-37,39H,9-10,13,15-16H2,1-2H3,(H2,33,34)/b18-3-/t24-,32+/m1/s1. The fourth-order valence-corrected chi connectivity index (χ4v) is 5.29. The average molecular weight is 589 g/mol. The first-order valence-corrected chi connectivity index (χ1v) is 13.7. The molecule has 0 saturated heterocycles. The number of aryl methyl sites for hydroxylation is 1. The Morgan fingerprint density at radius 3 is 2.65 bits per heavy atom. The molecule has 224 valence electrons. The highest BCUT2D eigenvalue weighted by molar-refractivity contribution is 6.01. The molecule has 43 heavy (non-hydrogen) atoms. The summed E-state index contributed by atoms with van der Waals surface area (Å²) in [6, 6.07) is 10.8. The van der Waals surface area contributed by atoms with Crippen molar-refractivity contribution in [3.05, 3.63) is 87.4 Å². The summed E-state index contributed by atoms with van der Waals surface area (Å²) in [5.74, 6) is -0.698. The molecular weight excluding hydrogens is 556 g/mol. The zero-order valence-electron chi connectivity index (χ0n) is 23.7. The Labute approximate surface area is 246 Å². The van der Waals surface area contributed by atoms with E-state index < -0.39 is 42.1 Å². The highest BCUT2D eigenvalue weighted by Gasteiger charge is 2.46. The summed E-state index contributed by atoms with van der Waals surface area (Å²) >= 11 is 0. The summed E-state index contributed by atoms with van der Waals surface area (Å²) in [5.41, 5.74) is 5.73. The number of nitrogens with two attached hydrogens (primary N) is 1. The van der Waals surface area contributed by atoms with Crippen LogP contribution >= 0.6 is 0 Å². The Morgan fingerprint density at radius 2 is 2.00 bits per heavy atom. The average Bonchev–Trinajstić information content (AvgIpc) is 2.98. The van der Waals surface area contributed by atoms with Crippen molar-refractivity contribution >= 4 is 22.8 Å². The SMILES string of the molecule is C/C=C(/CO)C(=O)O[C@@H]1Cc2c(c(-c3cccc(O)c3)c3oc(CO)cc(=O)c3c2O)O[C@@]1(C)CCc1ccc(N)nc1. The second-order valence-electron chi connectivity index (χ2n) is 10.6. The molecule has 2 atom stereocenters. The molecule has 0 fully saturated rings. The van der Waals surface area contributed by atoms with Crippen molar-refractivity contribution in [2.24, 2.45) is 0 Å². The van der Waals surface area contributed by atoms with Gasteiger partial charge in [-0.2, -0.15) is 0 Å². The number of aromatic hydroxyl groups is 2. The number of aromatic nitrogens is 1. The number of aliphatic hydroxyl groups is 2. The molecule has 11 heteroatoms. The van der Waals surface area contributed by atoms with E-state index in [1.807, 2.05) is 6.07 Å². The Morgan fingerprint density at radius 1 is 1.21 bits per heavy atom. The van der Waals surface area contributed by atoms with Crippen molar-refractivity contribution in [2.75, 3.05) is 12.3 Å². The summed E-state index contributed by atoms with van der Waals surface area (Å²) < 4.78 is 18.5. The topological polar surface area (TPSA) is 186 Å². The van der Waals surface area contributed by atoms with E-state index in [-0.39, 0.29) is 51.3 Å². The van der Waals surface area contributed by atoms with Gasteiger partial charge in [0.1, 0.15) is 52.5 Å². The second-order valence-corrected chi connectivity index (χ2v) is 10.6. The maximum Gasteiger partial charge on any atom is 0.336 e. The van der Waals surface area contributed by atoms with Gasteiger partial charge in [-0.05, 0) is 56.0 Å². The maximum absolute atomic E-state index is 13.2. The summed E-state index contributed by atoms with van der Waals surface area (Å²) in [6.45, 7) is 2.28. The smallest absolute Gasteiger partial charge is 0.336 e. The van der Waals surface area contributed by atoms with E-state index in [2.05, 4.69) is 4.98 Å². The van der Waals surface area contributed by atoms with Gasteiger partial charge in [-0.3, -0.25) is 4.79 Å². The van der Waals surface area contributed by atoms with Gasteiger partial charge in [-0.1, -0.05) is 24.3 Å². The number of nitrogen functional groups attached to an aromatic ring is 1. The predicted molar refractivity (Wildman–Crippen MR) is 158 cm³/mol. The van der Waals surface area contributed by atoms with Crippen molar-refractivity contribution in [3.8, 4) is 28.4 Å². The molecule has 4 aromatic rings. The number of fused-ring (bicyclic) bond motifs is 2. The predicted octanol–water partition coefficient (Wildman–Crippen LogP) is 3.52. The molecule has 11 nitrogen and oxygen atoms in total. The van der Waals surface area contributed by atoms with Crippen LogP contribution in [0, 0.1) is 0 Å². The van der Waals surface area contributed by atoms with Crippen LogP contribution in [0.4, 0.5) is 5.82 Å². The van der Waals surface area contributed by atoms with Crippen molar-refractivity contribution in [1.82, 2.24) is 4.98 Å². The van der Waals surface area contributed by atoms with Crippen molar-refractivity contribution in [3.63, 3.8) is 0 Å². The number of ether oxygens (including phenoxy) is 2. The van der Waals surface area contributed by atoms with Crippen LogP contribution in [0.5, 0.6) is 17.2 Å². The lowest BCUT2D eigenvalue weighted by Crippen LogP contribution is -2.51. The first-order valence-electron chi connectivity index (χ1n) is 13.7. The highest BCUT2D eigenvalue weighted by Crippen LogP contribution is 2.51. The fourth-order valence-electron chi connectivity index (χ4n) is 5.29. The molecule has 0 aliphatic carbocycles. The number of benzene rings is 2. The van der Waals surface area contributed by atoms with E-state index in [4.69, 9.17) is 19.6 Å². The third kappa shape index (κ3) is 5.64. The number of pyridine rings is 1. The third-order valence-electron chi connectivity index (χ3n) is 7.73. The molecule has 3 heterocycles. The molecule has 2 aromatic carbocycles. The van der Waals surface area contributed by atoms with Crippen LogP contribution in [0.25, 0.3) is 22.1 Å². The molecule has 6 N–H and O–H groups in total. The number of hydrogen-bond donors (Lipinski definition) is 5. The normalized spacial score (nSPS) is 18.2. The maximum atomic E-state index is 13.2. The van der Waals surface area contributed by atoms with E-state index >= 15 is 0 Å². The third-order valence-corrected chi connectivity index (χ3v) is 7.73. The first-order chi connectivity index (χ1) is 20.6. The van der Waals surface area contributed by atoms with Crippen molar-refractivity contribution < 1.29 is 39.1 Å². The van der Waals surface area contributed by atoms with Crippen LogP contribution in [-0.4, -0.2) is 49.7 Å². The van der Waals surface area contributed by atoms with Crippen LogP contribution in [0.3, 0.4) is 0 Å². The highest BCUT2D eigenvalue weighted by atomic mass is 16.6. The number of nitrogens with zero attached hydrogens (tertiary/aromatic N) is 1.